The average molecular weight is 208 g/mol. The van der Waals surface area contributed by atoms with Crippen molar-refractivity contribution in [1.82, 2.24) is 0 Å². The number of hydrogen-bond acceptors (Lipinski definition) is 2. The highest BCUT2D eigenvalue weighted by Crippen LogP contribution is 2.16. The summed E-state index contributed by atoms with van der Waals surface area (Å²) in [6.45, 7) is 6.16. The third-order valence-corrected chi connectivity index (χ3v) is 2.36. The molecule has 0 aliphatic carbocycles. The molecule has 1 N–H and O–H groups in total. The van der Waals surface area contributed by atoms with Crippen molar-refractivity contribution in [3.05, 3.63) is 29.8 Å². The van der Waals surface area contributed by atoms with Crippen LogP contribution in [0.1, 0.15) is 31.1 Å². The SMILES string of the molecule is CC(C)C(C)Oc1ccc(C(=O)O)cc1. The zero-order valence-electron chi connectivity index (χ0n) is 9.23. The van der Waals surface area contributed by atoms with Crippen molar-refractivity contribution in [2.75, 3.05) is 0 Å². The zero-order valence-corrected chi connectivity index (χ0v) is 9.23. The summed E-state index contributed by atoms with van der Waals surface area (Å²) >= 11 is 0. The predicted molar refractivity (Wildman–Crippen MR) is 58.3 cm³/mol. The number of benzene rings is 1. The Morgan fingerprint density at radius 1 is 1.20 bits per heavy atom. The van der Waals surface area contributed by atoms with Gasteiger partial charge in [-0.05, 0) is 37.1 Å². The van der Waals surface area contributed by atoms with Gasteiger partial charge >= 0.3 is 5.97 Å². The number of aromatic carboxylic acids is 1. The first-order valence-corrected chi connectivity index (χ1v) is 5.00. The van der Waals surface area contributed by atoms with E-state index in [0.717, 1.165) is 0 Å². The maximum atomic E-state index is 10.6. The molecule has 1 aromatic rings. The Hall–Kier alpha value is -1.51. The number of carboxylic acids is 1. The largest absolute Gasteiger partial charge is 0.490 e. The minimum atomic E-state index is -0.918. The highest BCUT2D eigenvalue weighted by atomic mass is 16.5. The third-order valence-electron chi connectivity index (χ3n) is 2.36. The van der Waals surface area contributed by atoms with Gasteiger partial charge in [-0.15, -0.1) is 0 Å². The summed E-state index contributed by atoms with van der Waals surface area (Å²) in [7, 11) is 0. The van der Waals surface area contributed by atoms with Gasteiger partial charge in [-0.1, -0.05) is 13.8 Å². The summed E-state index contributed by atoms with van der Waals surface area (Å²) in [5.74, 6) is 0.226. The standard InChI is InChI=1S/C12H16O3/c1-8(2)9(3)15-11-6-4-10(5-7-11)12(13)14/h4-9H,1-3H3,(H,13,14). The van der Waals surface area contributed by atoms with E-state index in [9.17, 15) is 4.79 Å². The fraction of sp³-hybridized carbons (Fsp3) is 0.417. The predicted octanol–water partition coefficient (Wildman–Crippen LogP) is 2.81. The van der Waals surface area contributed by atoms with Crippen molar-refractivity contribution in [1.29, 1.82) is 0 Å². The molecule has 0 aliphatic heterocycles. The average Bonchev–Trinajstić information content (AvgIpc) is 2.18. The van der Waals surface area contributed by atoms with Crippen LogP contribution in [0.5, 0.6) is 5.75 Å². The van der Waals surface area contributed by atoms with Gasteiger partial charge in [0.2, 0.25) is 0 Å². The van der Waals surface area contributed by atoms with Gasteiger partial charge in [-0.3, -0.25) is 0 Å². The van der Waals surface area contributed by atoms with E-state index >= 15 is 0 Å². The fourth-order valence-corrected chi connectivity index (χ4v) is 1.03. The molecule has 3 nitrogen and oxygen atoms in total. The molecule has 0 amide bonds. The van der Waals surface area contributed by atoms with Gasteiger partial charge in [-0.25, -0.2) is 4.79 Å². The quantitative estimate of drug-likeness (QED) is 0.827. The Bertz CT molecular complexity index is 327. The van der Waals surface area contributed by atoms with Gasteiger partial charge in [0, 0.05) is 0 Å². The van der Waals surface area contributed by atoms with E-state index in [-0.39, 0.29) is 11.7 Å². The van der Waals surface area contributed by atoms with Crippen LogP contribution in [0.3, 0.4) is 0 Å². The van der Waals surface area contributed by atoms with E-state index in [1.54, 1.807) is 24.3 Å². The van der Waals surface area contributed by atoms with Crippen LogP contribution in [0.15, 0.2) is 24.3 Å². The molecule has 0 aromatic heterocycles. The summed E-state index contributed by atoms with van der Waals surface area (Å²) in [6, 6.07) is 6.46. The van der Waals surface area contributed by atoms with Crippen molar-refractivity contribution >= 4 is 5.97 Å². The molecule has 1 atom stereocenters. The van der Waals surface area contributed by atoms with Crippen LogP contribution in [-0.2, 0) is 0 Å². The smallest absolute Gasteiger partial charge is 0.335 e. The molecule has 1 unspecified atom stereocenters. The Labute approximate surface area is 89.7 Å². The molecule has 0 bridgehead atoms. The molecular formula is C12H16O3. The normalized spacial score (nSPS) is 12.5. The van der Waals surface area contributed by atoms with Crippen LogP contribution in [0.25, 0.3) is 0 Å². The zero-order chi connectivity index (χ0) is 11.4. The molecule has 0 saturated carbocycles. The topological polar surface area (TPSA) is 46.5 Å². The van der Waals surface area contributed by atoms with Crippen LogP contribution < -0.4 is 4.74 Å². The highest BCUT2D eigenvalue weighted by Gasteiger charge is 2.09. The number of ether oxygens (including phenoxy) is 1. The maximum Gasteiger partial charge on any atom is 0.335 e. The van der Waals surface area contributed by atoms with Gasteiger partial charge in [-0.2, -0.15) is 0 Å². The molecule has 15 heavy (non-hydrogen) atoms. The lowest BCUT2D eigenvalue weighted by Gasteiger charge is -2.17. The molecule has 0 saturated heterocycles. The number of rotatable bonds is 4. The highest BCUT2D eigenvalue weighted by molar-refractivity contribution is 5.87. The van der Waals surface area contributed by atoms with Gasteiger partial charge < -0.3 is 9.84 Å². The lowest BCUT2D eigenvalue weighted by molar-refractivity contribution is 0.0697. The fourth-order valence-electron chi connectivity index (χ4n) is 1.03. The summed E-state index contributed by atoms with van der Waals surface area (Å²) < 4.78 is 5.62. The second-order valence-electron chi connectivity index (χ2n) is 3.90. The summed E-state index contributed by atoms with van der Waals surface area (Å²) in [6.07, 6.45) is 0.126. The van der Waals surface area contributed by atoms with Crippen molar-refractivity contribution < 1.29 is 14.6 Å². The lowest BCUT2D eigenvalue weighted by Crippen LogP contribution is -2.18. The number of carbonyl (C=O) groups is 1. The Morgan fingerprint density at radius 2 is 1.73 bits per heavy atom. The van der Waals surface area contributed by atoms with Gasteiger partial charge in [0.1, 0.15) is 5.75 Å². The van der Waals surface area contributed by atoms with E-state index in [4.69, 9.17) is 9.84 Å². The van der Waals surface area contributed by atoms with Crippen molar-refractivity contribution in [3.8, 4) is 5.75 Å². The van der Waals surface area contributed by atoms with Crippen molar-refractivity contribution in [2.24, 2.45) is 5.92 Å². The van der Waals surface area contributed by atoms with E-state index in [1.165, 1.54) is 0 Å². The Kier molecular flexibility index (Phi) is 3.72. The molecular weight excluding hydrogens is 192 g/mol. The molecule has 0 heterocycles. The van der Waals surface area contributed by atoms with E-state index < -0.39 is 5.97 Å². The summed E-state index contributed by atoms with van der Waals surface area (Å²) in [4.78, 5) is 10.6. The first-order valence-electron chi connectivity index (χ1n) is 5.00. The molecule has 0 radical (unpaired) electrons. The van der Waals surface area contributed by atoms with Crippen LogP contribution in [-0.4, -0.2) is 17.2 Å². The Balaban J connectivity index is 2.68. The van der Waals surface area contributed by atoms with Gasteiger partial charge in [0.05, 0.1) is 11.7 Å². The van der Waals surface area contributed by atoms with Gasteiger partial charge in [0.15, 0.2) is 0 Å². The monoisotopic (exact) mass is 208 g/mol. The lowest BCUT2D eigenvalue weighted by atomic mass is 10.1. The molecule has 1 rings (SSSR count). The van der Waals surface area contributed by atoms with Crippen molar-refractivity contribution in [3.63, 3.8) is 0 Å². The van der Waals surface area contributed by atoms with Gasteiger partial charge in [0.25, 0.3) is 0 Å². The number of hydrogen-bond donors (Lipinski definition) is 1. The van der Waals surface area contributed by atoms with Crippen LogP contribution in [0.2, 0.25) is 0 Å². The summed E-state index contributed by atoms with van der Waals surface area (Å²) in [5.41, 5.74) is 0.277. The second-order valence-corrected chi connectivity index (χ2v) is 3.90. The second kappa shape index (κ2) is 4.82. The van der Waals surface area contributed by atoms with Crippen LogP contribution in [0.4, 0.5) is 0 Å². The first-order chi connectivity index (χ1) is 7.00. The van der Waals surface area contributed by atoms with Crippen molar-refractivity contribution in [2.45, 2.75) is 26.9 Å². The molecule has 0 fully saturated rings. The maximum absolute atomic E-state index is 10.6. The summed E-state index contributed by atoms with van der Waals surface area (Å²) in [5, 5.41) is 8.71. The minimum absolute atomic E-state index is 0.126. The Morgan fingerprint density at radius 3 is 2.13 bits per heavy atom. The third kappa shape index (κ3) is 3.27. The van der Waals surface area contributed by atoms with Crippen LogP contribution in [0, 0.1) is 5.92 Å². The first kappa shape index (κ1) is 11.6. The molecule has 0 spiro atoms. The van der Waals surface area contributed by atoms with Crippen LogP contribution >= 0.6 is 0 Å². The molecule has 1 aromatic carbocycles. The number of carboxylic acid groups (broad SMARTS) is 1. The molecule has 3 heteroatoms. The molecule has 0 aliphatic rings. The molecule has 82 valence electrons. The van der Waals surface area contributed by atoms with E-state index in [1.807, 2.05) is 6.92 Å². The van der Waals surface area contributed by atoms with E-state index in [2.05, 4.69) is 13.8 Å². The minimum Gasteiger partial charge on any atom is -0.490 e. The van der Waals surface area contributed by atoms with E-state index in [0.29, 0.717) is 11.7 Å².